The Hall–Kier alpha value is -3.20. The van der Waals surface area contributed by atoms with Crippen molar-refractivity contribution in [1.82, 2.24) is 20.1 Å². The average Bonchev–Trinajstić information content (AvgIpc) is 3.27. The Morgan fingerprint density at radius 3 is 2.64 bits per heavy atom. The van der Waals surface area contributed by atoms with Crippen LogP contribution in [-0.4, -0.2) is 27.4 Å². The van der Waals surface area contributed by atoms with Crippen LogP contribution in [0.25, 0.3) is 5.69 Å². The Morgan fingerprint density at radius 1 is 1.06 bits per heavy atom. The van der Waals surface area contributed by atoms with Crippen LogP contribution in [0.15, 0.2) is 71.9 Å². The summed E-state index contributed by atoms with van der Waals surface area (Å²) in [6.45, 7) is 4.57. The number of carbonyl (C=O) groups excluding carboxylic acids is 1. The fourth-order valence-corrected chi connectivity index (χ4v) is 4.91. The highest BCUT2D eigenvalue weighted by atomic mass is 35.5. The summed E-state index contributed by atoms with van der Waals surface area (Å²) in [5.74, 6) is 1.81. The van der Waals surface area contributed by atoms with Crippen molar-refractivity contribution < 1.29 is 9.53 Å². The van der Waals surface area contributed by atoms with Crippen molar-refractivity contribution in [1.29, 1.82) is 0 Å². The summed E-state index contributed by atoms with van der Waals surface area (Å²) >= 11 is 14.3. The molecule has 186 valence electrons. The van der Waals surface area contributed by atoms with E-state index in [2.05, 4.69) is 39.9 Å². The largest absolute Gasteiger partial charge is 0.492 e. The minimum absolute atomic E-state index is 0.114. The molecule has 0 atom stereocenters. The number of hydrogen-bond acceptors (Lipinski definition) is 5. The summed E-state index contributed by atoms with van der Waals surface area (Å²) in [7, 11) is 0. The lowest BCUT2D eigenvalue weighted by atomic mass is 10.1. The number of hydrogen-bond donors (Lipinski definition) is 2. The fourth-order valence-electron chi connectivity index (χ4n) is 3.50. The zero-order chi connectivity index (χ0) is 25.5. The van der Waals surface area contributed by atoms with Crippen LogP contribution in [0.3, 0.4) is 0 Å². The second-order valence-corrected chi connectivity index (χ2v) is 9.57. The van der Waals surface area contributed by atoms with Crippen LogP contribution in [-0.2, 0) is 12.3 Å². The van der Waals surface area contributed by atoms with Gasteiger partial charge in [0.15, 0.2) is 11.0 Å². The molecule has 10 heteroatoms. The molecule has 3 aromatic carbocycles. The number of anilines is 1. The molecule has 0 aliphatic carbocycles. The second-order valence-electron chi connectivity index (χ2n) is 7.78. The van der Waals surface area contributed by atoms with E-state index >= 15 is 0 Å². The van der Waals surface area contributed by atoms with Crippen molar-refractivity contribution in [2.75, 3.05) is 11.9 Å². The topological polar surface area (TPSA) is 81.1 Å². The molecular weight excluding hydrogens is 517 g/mol. The molecule has 0 bridgehead atoms. The first-order valence-corrected chi connectivity index (χ1v) is 13.0. The number of aromatic nitrogens is 3. The first-order chi connectivity index (χ1) is 17.5. The van der Waals surface area contributed by atoms with E-state index in [-0.39, 0.29) is 6.54 Å². The lowest BCUT2D eigenvalue weighted by Gasteiger charge is -2.14. The Balaban J connectivity index is 1.56. The molecule has 2 N–H and O–H groups in total. The van der Waals surface area contributed by atoms with Gasteiger partial charge in [0.05, 0.1) is 29.5 Å². The molecule has 0 unspecified atom stereocenters. The summed E-state index contributed by atoms with van der Waals surface area (Å²) in [5.41, 5.74) is 3.61. The Morgan fingerprint density at radius 2 is 1.83 bits per heavy atom. The van der Waals surface area contributed by atoms with Gasteiger partial charge in [0.2, 0.25) is 0 Å². The molecule has 0 aliphatic heterocycles. The smallest absolute Gasteiger partial charge is 0.319 e. The van der Waals surface area contributed by atoms with E-state index in [9.17, 15) is 4.79 Å². The van der Waals surface area contributed by atoms with Crippen molar-refractivity contribution in [2.24, 2.45) is 0 Å². The monoisotopic (exact) mass is 541 g/mol. The Bertz CT molecular complexity index is 1360. The molecule has 7 nitrogen and oxygen atoms in total. The maximum atomic E-state index is 12.7. The number of amides is 2. The van der Waals surface area contributed by atoms with Gasteiger partial charge < -0.3 is 15.4 Å². The minimum atomic E-state index is -0.400. The van der Waals surface area contributed by atoms with Gasteiger partial charge in [-0.25, -0.2) is 4.79 Å². The highest BCUT2D eigenvalue weighted by Gasteiger charge is 2.18. The molecule has 1 aromatic heterocycles. The normalized spacial score (nSPS) is 10.8. The van der Waals surface area contributed by atoms with Crippen molar-refractivity contribution in [3.05, 3.63) is 93.7 Å². The Labute approximate surface area is 224 Å². The SMILES string of the molecule is CCOc1ccccc1NC(=O)NCc1nnc(SCc2ccccc2C)n1-c1cc(Cl)ccc1Cl. The number of carbonyl (C=O) groups is 1. The third-order valence-corrected chi connectivity index (χ3v) is 6.84. The minimum Gasteiger partial charge on any atom is -0.492 e. The van der Waals surface area contributed by atoms with Gasteiger partial charge in [0, 0.05) is 10.8 Å². The van der Waals surface area contributed by atoms with Crippen LogP contribution >= 0.6 is 35.0 Å². The lowest BCUT2D eigenvalue weighted by Crippen LogP contribution is -2.29. The number of nitrogens with one attached hydrogen (secondary N) is 2. The molecule has 0 saturated heterocycles. The van der Waals surface area contributed by atoms with Crippen molar-refractivity contribution >= 4 is 46.7 Å². The van der Waals surface area contributed by atoms with E-state index in [4.69, 9.17) is 27.9 Å². The summed E-state index contributed by atoms with van der Waals surface area (Å²) in [6, 6.07) is 20.2. The summed E-state index contributed by atoms with van der Waals surface area (Å²) in [4.78, 5) is 12.7. The molecule has 4 rings (SSSR count). The third kappa shape index (κ3) is 6.32. The number of nitrogens with zero attached hydrogens (tertiary/aromatic N) is 3. The van der Waals surface area contributed by atoms with Gasteiger partial charge in [-0.1, -0.05) is 71.4 Å². The summed E-state index contributed by atoms with van der Waals surface area (Å²) in [6.07, 6.45) is 0. The van der Waals surface area contributed by atoms with Crippen LogP contribution in [0.5, 0.6) is 5.75 Å². The van der Waals surface area contributed by atoms with Crippen LogP contribution in [0.4, 0.5) is 10.5 Å². The zero-order valence-electron chi connectivity index (χ0n) is 19.8. The van der Waals surface area contributed by atoms with E-state index in [0.717, 1.165) is 0 Å². The average molecular weight is 542 g/mol. The first kappa shape index (κ1) is 25.9. The predicted octanol–water partition coefficient (Wildman–Crippen LogP) is 6.90. The van der Waals surface area contributed by atoms with Gasteiger partial charge in [-0.3, -0.25) is 4.57 Å². The maximum absolute atomic E-state index is 12.7. The highest BCUT2D eigenvalue weighted by Crippen LogP contribution is 2.31. The maximum Gasteiger partial charge on any atom is 0.319 e. The van der Waals surface area contributed by atoms with Crippen molar-refractivity contribution in [2.45, 2.75) is 31.3 Å². The van der Waals surface area contributed by atoms with Gasteiger partial charge in [0.1, 0.15) is 5.75 Å². The van der Waals surface area contributed by atoms with Gasteiger partial charge in [-0.05, 0) is 55.3 Å². The van der Waals surface area contributed by atoms with E-state index in [1.807, 2.05) is 35.8 Å². The van der Waals surface area contributed by atoms with Crippen LogP contribution in [0.1, 0.15) is 23.9 Å². The molecule has 2 amide bonds. The molecular formula is C26H25Cl2N5O2S. The number of benzene rings is 3. The predicted molar refractivity (Wildman–Crippen MR) is 146 cm³/mol. The van der Waals surface area contributed by atoms with Gasteiger partial charge in [0.25, 0.3) is 0 Å². The van der Waals surface area contributed by atoms with Crippen molar-refractivity contribution in [3.63, 3.8) is 0 Å². The highest BCUT2D eigenvalue weighted by molar-refractivity contribution is 7.98. The van der Waals surface area contributed by atoms with Crippen LogP contribution < -0.4 is 15.4 Å². The number of thioether (sulfide) groups is 1. The molecule has 0 aliphatic rings. The quantitative estimate of drug-likeness (QED) is 0.225. The molecule has 4 aromatic rings. The number of aryl methyl sites for hydroxylation is 1. The number of halogens is 2. The number of para-hydroxylation sites is 2. The van der Waals surface area contributed by atoms with Crippen LogP contribution in [0.2, 0.25) is 10.0 Å². The van der Waals surface area contributed by atoms with E-state index in [0.29, 0.717) is 50.5 Å². The summed E-state index contributed by atoms with van der Waals surface area (Å²) < 4.78 is 7.40. The third-order valence-electron chi connectivity index (χ3n) is 5.31. The molecule has 0 spiro atoms. The Kier molecular flexibility index (Phi) is 8.74. The molecule has 1 heterocycles. The van der Waals surface area contributed by atoms with Crippen LogP contribution in [0, 0.1) is 6.92 Å². The molecule has 36 heavy (non-hydrogen) atoms. The number of rotatable bonds is 9. The zero-order valence-corrected chi connectivity index (χ0v) is 22.1. The van der Waals surface area contributed by atoms with Crippen molar-refractivity contribution in [3.8, 4) is 11.4 Å². The molecule has 0 fully saturated rings. The van der Waals surface area contributed by atoms with E-state index < -0.39 is 6.03 Å². The van der Waals surface area contributed by atoms with Gasteiger partial charge in [-0.2, -0.15) is 0 Å². The molecule has 0 radical (unpaired) electrons. The second kappa shape index (κ2) is 12.2. The number of ether oxygens (including phenoxy) is 1. The molecule has 0 saturated carbocycles. The lowest BCUT2D eigenvalue weighted by molar-refractivity contribution is 0.251. The fraction of sp³-hybridized carbons (Fsp3) is 0.192. The van der Waals surface area contributed by atoms with Gasteiger partial charge in [-0.15, -0.1) is 10.2 Å². The van der Waals surface area contributed by atoms with E-state index in [1.54, 1.807) is 30.3 Å². The standard InChI is InChI=1S/C26H25Cl2N5O2S/c1-3-35-23-11-7-6-10-21(23)30-25(34)29-15-24-31-32-26(36-16-18-9-5-4-8-17(18)2)33(24)22-14-19(27)12-13-20(22)28/h4-14H,3,15-16H2,1-2H3,(H2,29,30,34). The summed E-state index contributed by atoms with van der Waals surface area (Å²) in [5, 5.41) is 16.1. The first-order valence-electron chi connectivity index (χ1n) is 11.3. The number of urea groups is 1. The van der Waals surface area contributed by atoms with Gasteiger partial charge >= 0.3 is 6.03 Å². The van der Waals surface area contributed by atoms with E-state index in [1.165, 1.54) is 22.9 Å².